The first-order valence-electron chi connectivity index (χ1n) is 14.4. The van der Waals surface area contributed by atoms with Gasteiger partial charge in [-0.2, -0.15) is 0 Å². The van der Waals surface area contributed by atoms with Crippen LogP contribution >= 0.6 is 0 Å². The molecule has 0 aliphatic heterocycles. The molecule has 0 spiro atoms. The van der Waals surface area contributed by atoms with Gasteiger partial charge in [-0.25, -0.2) is 0 Å². The van der Waals surface area contributed by atoms with Gasteiger partial charge in [-0.3, -0.25) is 4.79 Å². The average molecular weight is 468 g/mol. The molecule has 0 aliphatic carbocycles. The minimum absolute atomic E-state index is 0.198. The maximum atomic E-state index is 11.9. The lowest BCUT2D eigenvalue weighted by atomic mass is 10.1. The molecule has 33 heavy (non-hydrogen) atoms. The van der Waals surface area contributed by atoms with Gasteiger partial charge in [0.2, 0.25) is 5.91 Å². The van der Waals surface area contributed by atoms with Gasteiger partial charge < -0.3 is 14.9 Å². The summed E-state index contributed by atoms with van der Waals surface area (Å²) in [6.45, 7) is 5.00. The zero-order chi connectivity index (χ0) is 24.5. The van der Waals surface area contributed by atoms with Gasteiger partial charge in [0, 0.05) is 19.4 Å². The molecule has 2 N–H and O–H groups in total. The Morgan fingerprint density at radius 3 is 1.70 bits per heavy atom. The van der Waals surface area contributed by atoms with Crippen LogP contribution in [0, 0.1) is 0 Å². The number of allylic oxidation sites excluding steroid dienone is 2. The molecule has 0 aliphatic rings. The van der Waals surface area contributed by atoms with Crippen LogP contribution < -0.4 is 5.32 Å². The Labute approximate surface area is 207 Å². The minimum atomic E-state index is 0.198. The van der Waals surface area contributed by atoms with Crippen molar-refractivity contribution in [3.05, 3.63) is 12.2 Å². The minimum Gasteiger partial charge on any atom is -0.391 e. The monoisotopic (exact) mass is 467 g/mol. The number of hydrogen-bond donors (Lipinski definition) is 2. The Balaban J connectivity index is 3.27. The molecule has 0 unspecified atom stereocenters. The number of aliphatic hydroxyl groups is 1. The summed E-state index contributed by atoms with van der Waals surface area (Å²) in [5.74, 6) is 0.198. The number of unbranched alkanes of at least 4 members (excludes halogenated alkanes) is 15. The second-order valence-corrected chi connectivity index (χ2v) is 10.6. The smallest absolute Gasteiger partial charge is 0.219 e. The quantitative estimate of drug-likeness (QED) is 0.0850. The van der Waals surface area contributed by atoms with E-state index in [9.17, 15) is 4.79 Å². The summed E-state index contributed by atoms with van der Waals surface area (Å²) < 4.78 is 0.808. The van der Waals surface area contributed by atoms with Crippen LogP contribution in [0.5, 0.6) is 0 Å². The summed E-state index contributed by atoms with van der Waals surface area (Å²) in [5.41, 5.74) is 0. The molecule has 1 amide bonds. The SMILES string of the molecule is CCCCCCCCC=CCCCCCCCCCCCC(=O)NCCC[N+](C)(C)CCO. The van der Waals surface area contributed by atoms with Gasteiger partial charge in [0.05, 0.1) is 27.2 Å². The van der Waals surface area contributed by atoms with E-state index >= 15 is 0 Å². The van der Waals surface area contributed by atoms with E-state index in [2.05, 4.69) is 38.5 Å². The van der Waals surface area contributed by atoms with Gasteiger partial charge in [-0.05, 0) is 32.1 Å². The van der Waals surface area contributed by atoms with Crippen LogP contribution in [0.25, 0.3) is 0 Å². The second-order valence-electron chi connectivity index (χ2n) is 10.6. The van der Waals surface area contributed by atoms with Gasteiger partial charge in [-0.15, -0.1) is 0 Å². The fourth-order valence-corrected chi connectivity index (χ4v) is 4.27. The van der Waals surface area contributed by atoms with Crippen LogP contribution in [0.2, 0.25) is 0 Å². The lowest BCUT2D eigenvalue weighted by molar-refractivity contribution is -0.890. The topological polar surface area (TPSA) is 49.3 Å². The summed E-state index contributed by atoms with van der Waals surface area (Å²) in [4.78, 5) is 11.9. The van der Waals surface area contributed by atoms with Crippen LogP contribution in [0.1, 0.15) is 129 Å². The van der Waals surface area contributed by atoms with Crippen LogP contribution in [0.4, 0.5) is 0 Å². The van der Waals surface area contributed by atoms with Gasteiger partial charge in [0.15, 0.2) is 0 Å². The highest BCUT2D eigenvalue weighted by Crippen LogP contribution is 2.12. The van der Waals surface area contributed by atoms with E-state index in [-0.39, 0.29) is 12.5 Å². The predicted octanol–water partition coefficient (Wildman–Crippen LogP) is 7.16. The number of likely N-dealkylation sites (N-methyl/N-ethyl adjacent to an activating group) is 1. The summed E-state index contributed by atoms with van der Waals surface area (Å²) in [6.07, 6.45) is 28.9. The maximum absolute atomic E-state index is 11.9. The molecule has 0 rings (SSSR count). The molecule has 0 aromatic heterocycles. The van der Waals surface area contributed by atoms with Crippen molar-refractivity contribution in [2.24, 2.45) is 0 Å². The molecule has 0 bridgehead atoms. The van der Waals surface area contributed by atoms with E-state index in [0.29, 0.717) is 6.42 Å². The highest BCUT2D eigenvalue weighted by Gasteiger charge is 2.13. The lowest BCUT2D eigenvalue weighted by Gasteiger charge is -2.28. The van der Waals surface area contributed by atoms with Crippen molar-refractivity contribution in [1.82, 2.24) is 5.32 Å². The van der Waals surface area contributed by atoms with Gasteiger partial charge >= 0.3 is 0 Å². The Morgan fingerprint density at radius 2 is 1.18 bits per heavy atom. The first-order chi connectivity index (χ1) is 16.0. The Morgan fingerprint density at radius 1 is 0.697 bits per heavy atom. The lowest BCUT2D eigenvalue weighted by Crippen LogP contribution is -2.43. The predicted molar refractivity (Wildman–Crippen MR) is 144 cm³/mol. The first kappa shape index (κ1) is 32.1. The maximum Gasteiger partial charge on any atom is 0.219 e. The molecule has 0 aromatic carbocycles. The van der Waals surface area contributed by atoms with Crippen LogP contribution in [0.15, 0.2) is 12.2 Å². The standard InChI is InChI=1S/C29H58N2O2/c1-4-5-6-7-8-9-10-11-12-13-14-15-16-17-18-19-20-21-22-24-29(33)30-25-23-26-31(2,3)27-28-32/h11-12,32H,4-10,13-28H2,1-3H3/p+1. The molecule has 0 aromatic rings. The number of carbonyl (C=O) groups excluding carboxylic acids is 1. The Hall–Kier alpha value is -0.870. The van der Waals surface area contributed by atoms with E-state index < -0.39 is 0 Å². The van der Waals surface area contributed by atoms with Crippen LogP contribution in [-0.2, 0) is 4.79 Å². The number of hydrogen-bond acceptors (Lipinski definition) is 2. The number of aliphatic hydroxyl groups excluding tert-OH is 1. The van der Waals surface area contributed by atoms with E-state index in [1.807, 2.05) is 0 Å². The number of rotatable bonds is 25. The van der Waals surface area contributed by atoms with Crippen molar-refractivity contribution < 1.29 is 14.4 Å². The van der Waals surface area contributed by atoms with Crippen molar-refractivity contribution in [3.63, 3.8) is 0 Å². The van der Waals surface area contributed by atoms with E-state index in [1.165, 1.54) is 103 Å². The molecule has 4 heteroatoms. The molecule has 0 radical (unpaired) electrons. The van der Waals surface area contributed by atoms with E-state index in [0.717, 1.165) is 37.0 Å². The summed E-state index contributed by atoms with van der Waals surface area (Å²) >= 11 is 0. The van der Waals surface area contributed by atoms with Crippen molar-refractivity contribution in [2.45, 2.75) is 129 Å². The number of quaternary nitrogens is 1. The highest BCUT2D eigenvalue weighted by atomic mass is 16.3. The number of nitrogens with zero attached hydrogens (tertiary/aromatic N) is 1. The van der Waals surface area contributed by atoms with E-state index in [1.54, 1.807) is 0 Å². The second kappa shape index (κ2) is 24.3. The fraction of sp³-hybridized carbons (Fsp3) is 0.897. The molecule has 4 nitrogen and oxygen atoms in total. The van der Waals surface area contributed by atoms with E-state index in [4.69, 9.17) is 5.11 Å². The van der Waals surface area contributed by atoms with Crippen molar-refractivity contribution in [3.8, 4) is 0 Å². The number of amides is 1. The molecule has 0 fully saturated rings. The summed E-state index contributed by atoms with van der Waals surface area (Å²) in [5, 5.41) is 12.1. The molecule has 0 atom stereocenters. The van der Waals surface area contributed by atoms with Crippen molar-refractivity contribution >= 4 is 5.91 Å². The van der Waals surface area contributed by atoms with Crippen LogP contribution in [-0.4, -0.2) is 55.8 Å². The molecule has 0 saturated carbocycles. The average Bonchev–Trinajstić information content (AvgIpc) is 2.78. The molecule has 196 valence electrons. The third-order valence-electron chi connectivity index (χ3n) is 6.63. The van der Waals surface area contributed by atoms with Gasteiger partial charge in [-0.1, -0.05) is 96.1 Å². The Bertz CT molecular complexity index is 449. The van der Waals surface area contributed by atoms with Crippen molar-refractivity contribution in [2.75, 3.05) is 40.3 Å². The van der Waals surface area contributed by atoms with Crippen molar-refractivity contribution in [1.29, 1.82) is 0 Å². The summed E-state index contributed by atoms with van der Waals surface area (Å²) in [6, 6.07) is 0. The fourth-order valence-electron chi connectivity index (χ4n) is 4.27. The first-order valence-corrected chi connectivity index (χ1v) is 14.4. The summed E-state index contributed by atoms with van der Waals surface area (Å²) in [7, 11) is 4.24. The Kier molecular flexibility index (Phi) is 23.6. The molecule has 0 saturated heterocycles. The van der Waals surface area contributed by atoms with Gasteiger partial charge in [0.1, 0.15) is 6.54 Å². The zero-order valence-electron chi connectivity index (χ0n) is 22.7. The normalized spacial score (nSPS) is 12.0. The largest absolute Gasteiger partial charge is 0.391 e. The van der Waals surface area contributed by atoms with Gasteiger partial charge in [0.25, 0.3) is 0 Å². The third-order valence-corrected chi connectivity index (χ3v) is 6.63. The number of nitrogens with one attached hydrogen (secondary N) is 1. The molecular weight excluding hydrogens is 408 g/mol. The molecular formula is C29H59N2O2+. The number of carbonyl (C=O) groups is 1. The zero-order valence-corrected chi connectivity index (χ0v) is 22.7. The van der Waals surface area contributed by atoms with Crippen LogP contribution in [0.3, 0.4) is 0 Å². The molecule has 0 heterocycles. The third kappa shape index (κ3) is 25.6. The highest BCUT2D eigenvalue weighted by molar-refractivity contribution is 5.75.